The number of anilines is 1. The molecule has 3 rings (SSSR count). The highest BCUT2D eigenvalue weighted by molar-refractivity contribution is 5.94. The highest BCUT2D eigenvalue weighted by atomic mass is 19.1. The quantitative estimate of drug-likeness (QED) is 0.766. The summed E-state index contributed by atoms with van der Waals surface area (Å²) in [6.07, 6.45) is -1.32. The number of carbonyl (C=O) groups excluding carboxylic acids is 1. The van der Waals surface area contributed by atoms with Crippen molar-refractivity contribution in [3.05, 3.63) is 77.4 Å². The number of benzene rings is 2. The molecule has 25 heavy (non-hydrogen) atoms. The van der Waals surface area contributed by atoms with Crippen LogP contribution < -0.4 is 5.32 Å². The molecular weight excluding hydrogens is 321 g/mol. The van der Waals surface area contributed by atoms with Crippen molar-refractivity contribution in [2.75, 3.05) is 5.32 Å². The zero-order valence-corrected chi connectivity index (χ0v) is 13.9. The summed E-state index contributed by atoms with van der Waals surface area (Å²) in [5, 5.41) is 16.8. The molecule has 5 nitrogen and oxygen atoms in total. The largest absolute Gasteiger partial charge is 0.378 e. The molecule has 0 radical (unpaired) electrons. The topological polar surface area (TPSA) is 67.2 Å². The van der Waals surface area contributed by atoms with Gasteiger partial charge >= 0.3 is 0 Å². The predicted molar refractivity (Wildman–Crippen MR) is 93.0 cm³/mol. The van der Waals surface area contributed by atoms with Crippen molar-refractivity contribution in [1.29, 1.82) is 0 Å². The lowest BCUT2D eigenvalue weighted by Gasteiger charge is -2.13. The first-order valence-corrected chi connectivity index (χ1v) is 7.83. The molecule has 2 N–H and O–H groups in total. The molecule has 0 aliphatic heterocycles. The van der Waals surface area contributed by atoms with Crippen LogP contribution in [0.25, 0.3) is 5.69 Å². The Kier molecular flexibility index (Phi) is 4.63. The molecular formula is C19H18FN3O2. The van der Waals surface area contributed by atoms with Gasteiger partial charge in [0.1, 0.15) is 5.69 Å². The third-order valence-corrected chi connectivity index (χ3v) is 3.82. The van der Waals surface area contributed by atoms with Crippen LogP contribution in [0.4, 0.5) is 10.1 Å². The maximum absolute atomic E-state index is 14.4. The summed E-state index contributed by atoms with van der Waals surface area (Å²) in [6.45, 7) is 3.67. The smallest absolute Gasteiger partial charge is 0.257 e. The van der Waals surface area contributed by atoms with Gasteiger partial charge in [-0.1, -0.05) is 30.3 Å². The van der Waals surface area contributed by atoms with Gasteiger partial charge in [-0.25, -0.2) is 9.07 Å². The zero-order valence-electron chi connectivity index (χ0n) is 13.9. The van der Waals surface area contributed by atoms with Crippen molar-refractivity contribution in [1.82, 2.24) is 9.78 Å². The Hall–Kier alpha value is -2.99. The molecule has 0 aliphatic rings. The number of aliphatic hydroxyl groups is 1. The lowest BCUT2D eigenvalue weighted by atomic mass is 10.1. The van der Waals surface area contributed by atoms with Crippen LogP contribution >= 0.6 is 0 Å². The Bertz CT molecular complexity index is 906. The molecule has 0 aliphatic carbocycles. The van der Waals surface area contributed by atoms with Crippen molar-refractivity contribution in [3.8, 4) is 5.69 Å². The second-order valence-corrected chi connectivity index (χ2v) is 5.81. The molecule has 2 aromatic carbocycles. The number of amides is 1. The molecule has 0 spiro atoms. The van der Waals surface area contributed by atoms with Gasteiger partial charge < -0.3 is 10.4 Å². The van der Waals surface area contributed by atoms with Crippen molar-refractivity contribution in [2.45, 2.75) is 20.0 Å². The van der Waals surface area contributed by atoms with Crippen molar-refractivity contribution >= 4 is 11.6 Å². The standard InChI is InChI=1S/C19H18FN3O2/c1-12-10-13(2)23(22-12)17-9-8-15(11-16(17)20)21-19(25)18(24)14-6-4-3-5-7-14/h3-11,18,24H,1-2H3,(H,21,25). The highest BCUT2D eigenvalue weighted by Crippen LogP contribution is 2.21. The van der Waals surface area contributed by atoms with E-state index in [4.69, 9.17) is 0 Å². The summed E-state index contributed by atoms with van der Waals surface area (Å²) in [5.74, 6) is -1.14. The lowest BCUT2D eigenvalue weighted by Crippen LogP contribution is -2.20. The Labute approximate surface area is 144 Å². The fourth-order valence-electron chi connectivity index (χ4n) is 2.63. The summed E-state index contributed by atoms with van der Waals surface area (Å²) < 4.78 is 15.9. The van der Waals surface area contributed by atoms with E-state index in [0.29, 0.717) is 11.3 Å². The second-order valence-electron chi connectivity index (χ2n) is 5.81. The number of nitrogens with zero attached hydrogens (tertiary/aromatic N) is 2. The Balaban J connectivity index is 1.79. The number of hydrogen-bond donors (Lipinski definition) is 2. The molecule has 0 saturated heterocycles. The fraction of sp³-hybridized carbons (Fsp3) is 0.158. The van der Waals surface area contributed by atoms with Gasteiger partial charge in [0, 0.05) is 11.4 Å². The molecule has 1 unspecified atom stereocenters. The van der Waals surface area contributed by atoms with E-state index in [-0.39, 0.29) is 5.69 Å². The maximum atomic E-state index is 14.4. The number of aromatic nitrogens is 2. The molecule has 128 valence electrons. The molecule has 1 aromatic heterocycles. The molecule has 0 bridgehead atoms. The van der Waals surface area contributed by atoms with Gasteiger partial charge in [0.05, 0.1) is 5.69 Å². The van der Waals surface area contributed by atoms with Gasteiger partial charge in [-0.15, -0.1) is 0 Å². The third kappa shape index (κ3) is 3.59. The summed E-state index contributed by atoms with van der Waals surface area (Å²) in [5.41, 5.74) is 2.64. The molecule has 3 aromatic rings. The first kappa shape index (κ1) is 16.9. The van der Waals surface area contributed by atoms with Crippen LogP contribution in [0.3, 0.4) is 0 Å². The normalized spacial score (nSPS) is 12.0. The molecule has 1 heterocycles. The van der Waals surface area contributed by atoms with Crippen LogP contribution in [-0.4, -0.2) is 20.8 Å². The van der Waals surface area contributed by atoms with Crippen LogP contribution in [0.2, 0.25) is 0 Å². The first-order chi connectivity index (χ1) is 12.0. The molecule has 6 heteroatoms. The fourth-order valence-corrected chi connectivity index (χ4v) is 2.63. The predicted octanol–water partition coefficient (Wildman–Crippen LogP) is 3.30. The third-order valence-electron chi connectivity index (χ3n) is 3.82. The van der Waals surface area contributed by atoms with Gasteiger partial charge in [0.15, 0.2) is 11.9 Å². The molecule has 1 atom stereocenters. The first-order valence-electron chi connectivity index (χ1n) is 7.83. The number of halogens is 1. The van der Waals surface area contributed by atoms with Gasteiger partial charge in [-0.3, -0.25) is 4.79 Å². The van der Waals surface area contributed by atoms with Crippen LogP contribution in [0.5, 0.6) is 0 Å². The Morgan fingerprint density at radius 2 is 1.88 bits per heavy atom. The van der Waals surface area contributed by atoms with Crippen LogP contribution in [0.1, 0.15) is 23.1 Å². The van der Waals surface area contributed by atoms with E-state index < -0.39 is 17.8 Å². The summed E-state index contributed by atoms with van der Waals surface area (Å²) in [4.78, 5) is 12.1. The minimum absolute atomic E-state index is 0.266. The number of nitrogens with one attached hydrogen (secondary N) is 1. The number of aliphatic hydroxyl groups excluding tert-OH is 1. The SMILES string of the molecule is Cc1cc(C)n(-c2ccc(NC(=O)C(O)c3ccccc3)cc2F)n1. The number of rotatable bonds is 4. The van der Waals surface area contributed by atoms with E-state index in [1.807, 2.05) is 19.9 Å². The van der Waals surface area contributed by atoms with Crippen LogP contribution in [-0.2, 0) is 4.79 Å². The molecule has 1 amide bonds. The van der Waals surface area contributed by atoms with Crippen LogP contribution in [0.15, 0.2) is 54.6 Å². The lowest BCUT2D eigenvalue weighted by molar-refractivity contribution is -0.124. The van der Waals surface area contributed by atoms with Gasteiger partial charge in [0.25, 0.3) is 5.91 Å². The summed E-state index contributed by atoms with van der Waals surface area (Å²) in [7, 11) is 0. The minimum Gasteiger partial charge on any atom is -0.378 e. The van der Waals surface area contributed by atoms with E-state index in [1.54, 1.807) is 42.5 Å². The average Bonchev–Trinajstić information content (AvgIpc) is 2.93. The van der Waals surface area contributed by atoms with Gasteiger partial charge in [-0.2, -0.15) is 5.10 Å². The van der Waals surface area contributed by atoms with E-state index >= 15 is 0 Å². The number of carbonyl (C=O) groups is 1. The van der Waals surface area contributed by atoms with E-state index in [0.717, 1.165) is 11.4 Å². The zero-order chi connectivity index (χ0) is 18.0. The number of aryl methyl sites for hydroxylation is 2. The Morgan fingerprint density at radius 1 is 1.16 bits per heavy atom. The van der Waals surface area contributed by atoms with Gasteiger partial charge in [-0.05, 0) is 43.7 Å². The summed E-state index contributed by atoms with van der Waals surface area (Å²) >= 11 is 0. The van der Waals surface area contributed by atoms with Crippen molar-refractivity contribution < 1.29 is 14.3 Å². The van der Waals surface area contributed by atoms with E-state index in [9.17, 15) is 14.3 Å². The van der Waals surface area contributed by atoms with Gasteiger partial charge in [0.2, 0.25) is 0 Å². The van der Waals surface area contributed by atoms with E-state index in [1.165, 1.54) is 10.7 Å². The summed E-state index contributed by atoms with van der Waals surface area (Å²) in [6, 6.07) is 14.7. The van der Waals surface area contributed by atoms with Crippen molar-refractivity contribution in [2.24, 2.45) is 0 Å². The Morgan fingerprint density at radius 3 is 2.48 bits per heavy atom. The van der Waals surface area contributed by atoms with Crippen molar-refractivity contribution in [3.63, 3.8) is 0 Å². The monoisotopic (exact) mass is 339 g/mol. The van der Waals surface area contributed by atoms with E-state index in [2.05, 4.69) is 10.4 Å². The molecule has 0 fully saturated rings. The minimum atomic E-state index is -1.32. The number of hydrogen-bond acceptors (Lipinski definition) is 3. The maximum Gasteiger partial charge on any atom is 0.257 e. The average molecular weight is 339 g/mol. The molecule has 0 saturated carbocycles. The van der Waals surface area contributed by atoms with Crippen LogP contribution in [0, 0.1) is 19.7 Å². The second kappa shape index (κ2) is 6.86. The highest BCUT2D eigenvalue weighted by Gasteiger charge is 2.18.